The molecule has 0 aliphatic heterocycles. The summed E-state index contributed by atoms with van der Waals surface area (Å²) in [6.45, 7) is 4.07. The van der Waals surface area contributed by atoms with Crippen LogP contribution in [0.2, 0.25) is 0 Å². The molecule has 5 heteroatoms. The highest BCUT2D eigenvalue weighted by Gasteiger charge is 1.96. The van der Waals surface area contributed by atoms with Gasteiger partial charge in [-0.1, -0.05) is 13.8 Å². The van der Waals surface area contributed by atoms with Crippen LogP contribution in [0.15, 0.2) is 17.1 Å². The van der Waals surface area contributed by atoms with Gasteiger partial charge in [0, 0.05) is 19.3 Å². The molecule has 14 heavy (non-hydrogen) atoms. The van der Waals surface area contributed by atoms with Crippen LogP contribution in [0.3, 0.4) is 0 Å². The second kappa shape index (κ2) is 7.08. The SMILES string of the molecule is CC.Cn1ccc(OCCO)nc1=O. The molecule has 0 saturated carbocycles. The zero-order valence-corrected chi connectivity index (χ0v) is 8.73. The van der Waals surface area contributed by atoms with Gasteiger partial charge < -0.3 is 14.4 Å². The average molecular weight is 200 g/mol. The van der Waals surface area contributed by atoms with E-state index in [0.29, 0.717) is 0 Å². The number of nitrogens with zero attached hydrogens (tertiary/aromatic N) is 2. The molecule has 0 radical (unpaired) electrons. The maximum Gasteiger partial charge on any atom is 0.350 e. The third-order valence-electron chi connectivity index (χ3n) is 1.29. The minimum atomic E-state index is -0.370. The Bertz CT molecular complexity index is 309. The molecule has 0 bridgehead atoms. The lowest BCUT2D eigenvalue weighted by Gasteiger charge is -2.02. The van der Waals surface area contributed by atoms with Crippen LogP contribution < -0.4 is 10.4 Å². The zero-order valence-electron chi connectivity index (χ0n) is 8.73. The Morgan fingerprint density at radius 2 is 2.21 bits per heavy atom. The third kappa shape index (κ3) is 4.04. The van der Waals surface area contributed by atoms with Crippen LogP contribution in [-0.2, 0) is 7.05 Å². The number of hydrogen-bond acceptors (Lipinski definition) is 4. The highest BCUT2D eigenvalue weighted by molar-refractivity contribution is 5.05. The van der Waals surface area contributed by atoms with Gasteiger partial charge in [-0.3, -0.25) is 0 Å². The predicted octanol–water partition coefficient (Wildman–Crippen LogP) is 0.178. The molecule has 0 atom stereocenters. The van der Waals surface area contributed by atoms with Crippen LogP contribution in [0.4, 0.5) is 0 Å². The van der Waals surface area contributed by atoms with Gasteiger partial charge in [0.25, 0.3) is 0 Å². The molecule has 1 heterocycles. The van der Waals surface area contributed by atoms with Crippen molar-refractivity contribution in [3.8, 4) is 5.88 Å². The van der Waals surface area contributed by atoms with Crippen LogP contribution in [0, 0.1) is 0 Å². The van der Waals surface area contributed by atoms with Crippen LogP contribution >= 0.6 is 0 Å². The summed E-state index contributed by atoms with van der Waals surface area (Å²) in [5.74, 6) is 0.243. The first-order valence-corrected chi connectivity index (χ1v) is 4.51. The van der Waals surface area contributed by atoms with Gasteiger partial charge in [0.1, 0.15) is 6.61 Å². The third-order valence-corrected chi connectivity index (χ3v) is 1.29. The van der Waals surface area contributed by atoms with E-state index in [9.17, 15) is 4.79 Å². The zero-order chi connectivity index (χ0) is 11.0. The molecule has 80 valence electrons. The molecular formula is C9H16N2O3. The Hall–Kier alpha value is -1.36. The molecular weight excluding hydrogens is 184 g/mol. The monoisotopic (exact) mass is 200 g/mol. The number of aromatic nitrogens is 2. The lowest BCUT2D eigenvalue weighted by atomic mass is 10.6. The van der Waals surface area contributed by atoms with Gasteiger partial charge in [-0.05, 0) is 0 Å². The van der Waals surface area contributed by atoms with Gasteiger partial charge in [0.2, 0.25) is 5.88 Å². The van der Waals surface area contributed by atoms with E-state index in [1.165, 1.54) is 4.57 Å². The number of aliphatic hydroxyl groups excluding tert-OH is 1. The molecule has 0 aliphatic carbocycles. The Kier molecular flexibility index (Phi) is 6.39. The second-order valence-corrected chi connectivity index (χ2v) is 2.23. The Balaban J connectivity index is 0.000000791. The molecule has 5 nitrogen and oxygen atoms in total. The van der Waals surface area contributed by atoms with Crippen molar-refractivity contribution in [1.82, 2.24) is 9.55 Å². The van der Waals surface area contributed by atoms with Crippen molar-refractivity contribution in [1.29, 1.82) is 0 Å². The molecule has 0 unspecified atom stereocenters. The summed E-state index contributed by atoms with van der Waals surface area (Å²) in [4.78, 5) is 14.5. The molecule has 1 aromatic rings. The van der Waals surface area contributed by atoms with Crippen molar-refractivity contribution >= 4 is 0 Å². The van der Waals surface area contributed by atoms with E-state index < -0.39 is 0 Å². The lowest BCUT2D eigenvalue weighted by molar-refractivity contribution is 0.196. The first kappa shape index (κ1) is 12.6. The number of aryl methyl sites for hydroxylation is 1. The van der Waals surface area contributed by atoms with Gasteiger partial charge in [-0.2, -0.15) is 4.98 Å². The second-order valence-electron chi connectivity index (χ2n) is 2.23. The van der Waals surface area contributed by atoms with Gasteiger partial charge in [-0.15, -0.1) is 0 Å². The molecule has 0 amide bonds. The van der Waals surface area contributed by atoms with E-state index in [0.717, 1.165) is 0 Å². The van der Waals surface area contributed by atoms with Gasteiger partial charge >= 0.3 is 5.69 Å². The standard InChI is InChI=1S/C7H10N2O3.C2H6/c1-9-3-2-6(8-7(9)11)12-5-4-10;1-2/h2-3,10H,4-5H2,1H3;1-2H3. The molecule has 0 saturated heterocycles. The largest absolute Gasteiger partial charge is 0.475 e. The quantitative estimate of drug-likeness (QED) is 0.755. The summed E-state index contributed by atoms with van der Waals surface area (Å²) in [5, 5.41) is 8.42. The number of aliphatic hydroxyl groups is 1. The molecule has 0 aromatic carbocycles. The fourth-order valence-electron chi connectivity index (χ4n) is 0.680. The fraction of sp³-hybridized carbons (Fsp3) is 0.556. The number of hydrogen-bond donors (Lipinski definition) is 1. The predicted molar refractivity (Wildman–Crippen MR) is 53.4 cm³/mol. The maximum absolute atomic E-state index is 10.9. The van der Waals surface area contributed by atoms with Crippen molar-refractivity contribution in [2.24, 2.45) is 7.05 Å². The average Bonchev–Trinajstić information content (AvgIpc) is 2.23. The molecule has 1 rings (SSSR count). The molecule has 1 N–H and O–H groups in total. The summed E-state index contributed by atoms with van der Waals surface area (Å²) in [6, 6.07) is 1.57. The van der Waals surface area contributed by atoms with E-state index in [2.05, 4.69) is 4.98 Å². The first-order valence-electron chi connectivity index (χ1n) is 4.51. The van der Waals surface area contributed by atoms with E-state index in [-0.39, 0.29) is 24.8 Å². The molecule has 0 aliphatic rings. The Morgan fingerprint density at radius 3 is 2.71 bits per heavy atom. The van der Waals surface area contributed by atoms with Gasteiger partial charge in [0.05, 0.1) is 6.61 Å². The highest BCUT2D eigenvalue weighted by atomic mass is 16.5. The lowest BCUT2D eigenvalue weighted by Crippen LogP contribution is -2.19. The van der Waals surface area contributed by atoms with Crippen LogP contribution in [0.5, 0.6) is 5.88 Å². The Labute approximate surface area is 83.0 Å². The smallest absolute Gasteiger partial charge is 0.350 e. The van der Waals surface area contributed by atoms with Gasteiger partial charge in [0.15, 0.2) is 0 Å². The van der Waals surface area contributed by atoms with Crippen molar-refractivity contribution < 1.29 is 9.84 Å². The summed E-state index contributed by atoms with van der Waals surface area (Å²) in [6.07, 6.45) is 1.56. The molecule has 1 aromatic heterocycles. The van der Waals surface area contributed by atoms with E-state index in [4.69, 9.17) is 9.84 Å². The van der Waals surface area contributed by atoms with E-state index >= 15 is 0 Å². The van der Waals surface area contributed by atoms with E-state index in [1.807, 2.05) is 13.8 Å². The fourth-order valence-corrected chi connectivity index (χ4v) is 0.680. The maximum atomic E-state index is 10.9. The van der Waals surface area contributed by atoms with Gasteiger partial charge in [-0.25, -0.2) is 4.79 Å². The first-order chi connectivity index (χ1) is 6.74. The minimum absolute atomic E-state index is 0.0864. The normalized spacial score (nSPS) is 8.86. The van der Waals surface area contributed by atoms with Crippen molar-refractivity contribution in [2.45, 2.75) is 13.8 Å². The molecule has 0 spiro atoms. The summed E-state index contributed by atoms with van der Waals surface area (Å²) in [7, 11) is 1.60. The van der Waals surface area contributed by atoms with Crippen LogP contribution in [-0.4, -0.2) is 27.9 Å². The number of rotatable bonds is 3. The van der Waals surface area contributed by atoms with Crippen LogP contribution in [0.1, 0.15) is 13.8 Å². The summed E-state index contributed by atoms with van der Waals surface area (Å²) in [5.41, 5.74) is -0.370. The summed E-state index contributed by atoms with van der Waals surface area (Å²) < 4.78 is 6.26. The Morgan fingerprint density at radius 1 is 1.57 bits per heavy atom. The van der Waals surface area contributed by atoms with E-state index in [1.54, 1.807) is 19.3 Å². The van der Waals surface area contributed by atoms with Crippen LogP contribution in [0.25, 0.3) is 0 Å². The topological polar surface area (TPSA) is 64.3 Å². The molecule has 0 fully saturated rings. The van der Waals surface area contributed by atoms with Crippen molar-refractivity contribution in [3.05, 3.63) is 22.7 Å². The minimum Gasteiger partial charge on any atom is -0.475 e. The van der Waals surface area contributed by atoms with Crippen molar-refractivity contribution in [2.75, 3.05) is 13.2 Å². The highest BCUT2D eigenvalue weighted by Crippen LogP contribution is 1.99. The van der Waals surface area contributed by atoms with Crippen molar-refractivity contribution in [3.63, 3.8) is 0 Å². The number of ether oxygens (including phenoxy) is 1. The summed E-state index contributed by atoms with van der Waals surface area (Å²) >= 11 is 0.